The van der Waals surface area contributed by atoms with Crippen molar-refractivity contribution in [2.45, 2.75) is 12.6 Å². The first kappa shape index (κ1) is 11.1. The second-order valence-electron chi connectivity index (χ2n) is 3.83. The summed E-state index contributed by atoms with van der Waals surface area (Å²) in [6.45, 7) is 2.49. The molecule has 2 aliphatic heterocycles. The van der Waals surface area contributed by atoms with Gasteiger partial charge in [-0.2, -0.15) is 0 Å². The number of hydrogen-bond donors (Lipinski definition) is 2. The molecule has 2 heterocycles. The highest BCUT2D eigenvalue weighted by molar-refractivity contribution is 5.91. The quantitative estimate of drug-likeness (QED) is 0.681. The van der Waals surface area contributed by atoms with Crippen molar-refractivity contribution in [3.63, 3.8) is 0 Å². The van der Waals surface area contributed by atoms with Crippen molar-refractivity contribution in [3.05, 3.63) is 35.4 Å². The molecule has 2 aliphatic rings. The largest absolute Gasteiger partial charge is 0.375 e. The van der Waals surface area contributed by atoms with Gasteiger partial charge >= 0.3 is 0 Å². The van der Waals surface area contributed by atoms with Crippen LogP contribution in [-0.2, 0) is 16.1 Å². The van der Waals surface area contributed by atoms with Crippen LogP contribution >= 0.6 is 0 Å². The van der Waals surface area contributed by atoms with Gasteiger partial charge in [-0.3, -0.25) is 4.79 Å². The molecule has 0 bridgehead atoms. The molecule has 0 spiro atoms. The molecule has 1 aromatic rings. The molecule has 16 heavy (non-hydrogen) atoms. The Hall–Kier alpha value is -1.39. The van der Waals surface area contributed by atoms with Gasteiger partial charge in [0.2, 0.25) is 5.91 Å². The number of nitrogens with one attached hydrogen (secondary N) is 2. The first-order valence-corrected chi connectivity index (χ1v) is 5.39. The molecule has 0 saturated carbocycles. The Bertz CT molecular complexity index is 373. The van der Waals surface area contributed by atoms with Crippen LogP contribution in [0.1, 0.15) is 17.2 Å². The van der Waals surface area contributed by atoms with Crippen LogP contribution in [0.15, 0.2) is 24.3 Å². The summed E-state index contributed by atoms with van der Waals surface area (Å²) in [5.41, 5.74) is 2.69. The van der Waals surface area contributed by atoms with Crippen LogP contribution in [0.3, 0.4) is 0 Å². The van der Waals surface area contributed by atoms with Crippen molar-refractivity contribution in [1.29, 1.82) is 0 Å². The van der Waals surface area contributed by atoms with E-state index < -0.39 is 0 Å². The average molecular weight is 220 g/mol. The third kappa shape index (κ3) is 2.81. The number of methoxy groups -OCH3 is 1. The normalized spacial score (nSPS) is 21.3. The molecule has 1 fully saturated rings. The molecular formula is C12H16N2O2. The summed E-state index contributed by atoms with van der Waals surface area (Å²) in [5.74, 6) is 0.167. The fraction of sp³-hybridized carbons (Fsp3) is 0.417. The van der Waals surface area contributed by atoms with Crippen molar-refractivity contribution in [2.24, 2.45) is 0 Å². The van der Waals surface area contributed by atoms with Gasteiger partial charge in [0.25, 0.3) is 0 Å². The monoisotopic (exact) mass is 220 g/mol. The van der Waals surface area contributed by atoms with E-state index in [9.17, 15) is 4.79 Å². The molecule has 0 aromatic heterocycles. The lowest BCUT2D eigenvalue weighted by atomic mass is 9.99. The van der Waals surface area contributed by atoms with Gasteiger partial charge in [-0.15, -0.1) is 0 Å². The molecule has 1 aromatic carbocycles. The molecule has 1 unspecified atom stereocenters. The van der Waals surface area contributed by atoms with E-state index in [1.807, 2.05) is 0 Å². The lowest BCUT2D eigenvalue weighted by Crippen LogP contribution is -2.28. The van der Waals surface area contributed by atoms with E-state index in [0.717, 1.165) is 13.1 Å². The number of amides is 1. The van der Waals surface area contributed by atoms with Crippen molar-refractivity contribution in [3.8, 4) is 0 Å². The molecule has 1 saturated heterocycles. The minimum atomic E-state index is 0.167. The van der Waals surface area contributed by atoms with Gasteiger partial charge < -0.3 is 15.4 Å². The van der Waals surface area contributed by atoms with Gasteiger partial charge in [-0.1, -0.05) is 24.3 Å². The van der Waals surface area contributed by atoms with Crippen LogP contribution in [0.2, 0.25) is 0 Å². The van der Waals surface area contributed by atoms with E-state index in [1.54, 1.807) is 7.11 Å². The number of carbonyl (C=O) groups excluding carboxylic acids is 1. The van der Waals surface area contributed by atoms with Crippen molar-refractivity contribution in [2.75, 3.05) is 20.2 Å². The average Bonchev–Trinajstić information content (AvgIpc) is 3.12. The minimum absolute atomic E-state index is 0.167. The van der Waals surface area contributed by atoms with Crippen LogP contribution in [-0.4, -0.2) is 26.1 Å². The van der Waals surface area contributed by atoms with Gasteiger partial charge in [0.1, 0.15) is 0 Å². The fourth-order valence-electron chi connectivity index (χ4n) is 1.70. The van der Waals surface area contributed by atoms with Gasteiger partial charge in [0.15, 0.2) is 0 Å². The zero-order valence-electron chi connectivity index (χ0n) is 9.32. The summed E-state index contributed by atoms with van der Waals surface area (Å²) in [4.78, 5) is 9.44. The second kappa shape index (κ2) is 5.09. The number of fused-ring (bicyclic) bond motifs is 1. The molecule has 1 atom stereocenters. The van der Waals surface area contributed by atoms with Gasteiger partial charge in [-0.05, 0) is 11.1 Å². The maximum atomic E-state index is 9.44. The van der Waals surface area contributed by atoms with Gasteiger partial charge in [-0.25, -0.2) is 0 Å². The van der Waals surface area contributed by atoms with E-state index in [4.69, 9.17) is 4.74 Å². The molecule has 0 radical (unpaired) electrons. The highest BCUT2D eigenvalue weighted by Gasteiger charge is 2.17. The van der Waals surface area contributed by atoms with E-state index in [1.165, 1.54) is 11.1 Å². The fourth-order valence-corrected chi connectivity index (χ4v) is 1.70. The second-order valence-corrected chi connectivity index (χ2v) is 3.83. The van der Waals surface area contributed by atoms with Crippen molar-refractivity contribution >= 4 is 5.91 Å². The maximum absolute atomic E-state index is 9.44. The molecule has 2 N–H and O–H groups in total. The summed E-state index contributed by atoms with van der Waals surface area (Å²) in [5, 5.41) is 5.78. The Morgan fingerprint density at radius 3 is 2.62 bits per heavy atom. The summed E-state index contributed by atoms with van der Waals surface area (Å²) in [7, 11) is 1.76. The van der Waals surface area contributed by atoms with Crippen LogP contribution in [0, 0.1) is 0 Å². The van der Waals surface area contributed by atoms with Crippen LogP contribution < -0.4 is 10.6 Å². The topological polar surface area (TPSA) is 60.3 Å². The molecular weight excluding hydrogens is 204 g/mol. The number of hydrogen-bond acceptors (Lipinski definition) is 3. The van der Waals surface area contributed by atoms with Crippen molar-refractivity contribution in [1.82, 2.24) is 10.6 Å². The summed E-state index contributed by atoms with van der Waals surface area (Å²) in [6.07, 6.45) is 0.231. The Balaban J connectivity index is 0.000000203. The third-order valence-corrected chi connectivity index (χ3v) is 2.65. The van der Waals surface area contributed by atoms with E-state index >= 15 is 0 Å². The molecule has 3 rings (SSSR count). The summed E-state index contributed by atoms with van der Waals surface area (Å²) < 4.78 is 5.36. The molecule has 1 amide bonds. The first-order valence-electron chi connectivity index (χ1n) is 5.39. The van der Waals surface area contributed by atoms with E-state index in [0.29, 0.717) is 6.54 Å². The number of rotatable bonds is 1. The first-order chi connectivity index (χ1) is 7.81. The van der Waals surface area contributed by atoms with Gasteiger partial charge in [0, 0.05) is 20.2 Å². The molecule has 0 aliphatic carbocycles. The van der Waals surface area contributed by atoms with Gasteiger partial charge in [0.05, 0.1) is 12.6 Å². The summed E-state index contributed by atoms with van der Waals surface area (Å²) >= 11 is 0. The standard InChI is InChI=1S/C10H13NO.C2H3NO/c1-12-10-7-11-6-8-4-2-3-5-9(8)10;4-2-1-3-2/h2-5,10-11H,6-7H2,1H3;1H2,(H,3,4). The lowest BCUT2D eigenvalue weighted by molar-refractivity contribution is -0.110. The molecule has 4 nitrogen and oxygen atoms in total. The zero-order chi connectivity index (χ0) is 11.4. The lowest BCUT2D eigenvalue weighted by Gasteiger charge is -2.24. The highest BCUT2D eigenvalue weighted by atomic mass is 16.5. The molecule has 86 valence electrons. The summed E-state index contributed by atoms with van der Waals surface area (Å²) in [6, 6.07) is 8.42. The molecule has 4 heteroatoms. The van der Waals surface area contributed by atoms with Crippen LogP contribution in [0.4, 0.5) is 0 Å². The highest BCUT2D eigenvalue weighted by Crippen LogP contribution is 2.23. The smallest absolute Gasteiger partial charge is 0.239 e. The predicted molar refractivity (Wildman–Crippen MR) is 60.9 cm³/mol. The van der Waals surface area contributed by atoms with E-state index in [-0.39, 0.29) is 12.0 Å². The Labute approximate surface area is 95.0 Å². The number of ether oxygens (including phenoxy) is 1. The Morgan fingerprint density at radius 1 is 1.31 bits per heavy atom. The maximum Gasteiger partial charge on any atom is 0.239 e. The Kier molecular flexibility index (Phi) is 3.54. The van der Waals surface area contributed by atoms with Crippen LogP contribution in [0.25, 0.3) is 0 Å². The SMILES string of the molecule is COC1CNCc2ccccc21.O=C1CN1. The van der Waals surface area contributed by atoms with Crippen LogP contribution in [0.5, 0.6) is 0 Å². The Morgan fingerprint density at radius 2 is 2.00 bits per heavy atom. The third-order valence-electron chi connectivity index (χ3n) is 2.65. The number of benzene rings is 1. The number of carbonyl (C=O) groups is 1. The van der Waals surface area contributed by atoms with E-state index in [2.05, 4.69) is 34.9 Å². The zero-order valence-corrected chi connectivity index (χ0v) is 9.32. The predicted octanol–water partition coefficient (Wildman–Crippen LogP) is 0.593. The minimum Gasteiger partial charge on any atom is -0.375 e. The van der Waals surface area contributed by atoms with Crippen molar-refractivity contribution < 1.29 is 9.53 Å².